The average Bonchev–Trinajstić information content (AvgIpc) is 2.83. The Kier molecular flexibility index (Phi) is 14.6. The molecule has 4 N–H and O–H groups in total. The van der Waals surface area contributed by atoms with Gasteiger partial charge in [0.25, 0.3) is 0 Å². The number of amides is 1. The number of halogens is 6. The molecule has 0 aromatic heterocycles. The second-order valence-corrected chi connectivity index (χ2v) is 8.03. The highest BCUT2D eigenvalue weighted by Crippen LogP contribution is 2.23. The molecule has 0 heterocycles. The van der Waals surface area contributed by atoms with Gasteiger partial charge in [0, 0.05) is 25.2 Å². The first-order chi connectivity index (χ1) is 17.8. The maximum Gasteiger partial charge on any atom is 0.490 e. The van der Waals surface area contributed by atoms with Crippen LogP contribution >= 0.6 is 0 Å². The van der Waals surface area contributed by atoms with Gasteiger partial charge in [0.05, 0.1) is 0 Å². The molecule has 0 atom stereocenters. The third kappa shape index (κ3) is 15.9. The van der Waals surface area contributed by atoms with Gasteiger partial charge in [0.15, 0.2) is 0 Å². The summed E-state index contributed by atoms with van der Waals surface area (Å²) in [4.78, 5) is 33.5. The Balaban J connectivity index is 0.000000848. The molecule has 0 aliphatic carbocycles. The predicted octanol–water partition coefficient (Wildman–Crippen LogP) is 3.59. The molecule has 39 heavy (non-hydrogen) atoms. The molecule has 0 fully saturated rings. The lowest BCUT2D eigenvalue weighted by molar-refractivity contribution is -0.193. The molecule has 0 spiro atoms. The number of hydrogen-bond acceptors (Lipinski definition) is 6. The second-order valence-electron chi connectivity index (χ2n) is 8.03. The van der Waals surface area contributed by atoms with Gasteiger partial charge in [-0.3, -0.25) is 4.79 Å². The van der Waals surface area contributed by atoms with Crippen molar-refractivity contribution in [3.63, 3.8) is 0 Å². The van der Waals surface area contributed by atoms with Gasteiger partial charge in [-0.15, -0.1) is 0 Å². The highest BCUT2D eigenvalue weighted by Gasteiger charge is 2.38. The van der Waals surface area contributed by atoms with Gasteiger partial charge in [-0.1, -0.05) is 24.3 Å². The van der Waals surface area contributed by atoms with Crippen LogP contribution in [0.2, 0.25) is 0 Å². The van der Waals surface area contributed by atoms with Crippen molar-refractivity contribution in [3.05, 3.63) is 54.1 Å². The number of carbonyl (C=O) groups excluding carboxylic acids is 1. The Bertz CT molecular complexity index is 1040. The summed E-state index contributed by atoms with van der Waals surface area (Å²) < 4.78 is 69.3. The molecule has 2 aromatic carbocycles. The second kappa shape index (κ2) is 16.2. The monoisotopic (exact) mass is 569 g/mol. The summed E-state index contributed by atoms with van der Waals surface area (Å²) in [6, 6.07) is 15.2. The quantitative estimate of drug-likeness (QED) is 0.391. The fourth-order valence-electron chi connectivity index (χ4n) is 2.40. The molecular weight excluding hydrogens is 540 g/mol. The number of carboxylic acid groups (broad SMARTS) is 2. The summed E-state index contributed by atoms with van der Waals surface area (Å²) in [6.07, 6.45) is -10.2. The van der Waals surface area contributed by atoms with Crippen LogP contribution in [0, 0.1) is 0 Å². The average molecular weight is 569 g/mol. The number of benzene rings is 2. The number of hydrogen-bond donors (Lipinski definition) is 3. The van der Waals surface area contributed by atoms with Crippen LogP contribution in [0.4, 0.5) is 26.3 Å². The molecule has 2 rings (SSSR count). The number of primary amides is 1. The number of likely N-dealkylation sites (N-methyl/N-ethyl adjacent to an activating group) is 2. The van der Waals surface area contributed by atoms with Gasteiger partial charge in [-0.05, 0) is 56.5 Å². The van der Waals surface area contributed by atoms with Crippen LogP contribution in [0.25, 0.3) is 11.1 Å². The highest BCUT2D eigenvalue weighted by atomic mass is 19.4. The zero-order chi connectivity index (χ0) is 30.4. The van der Waals surface area contributed by atoms with Crippen LogP contribution in [0.5, 0.6) is 5.75 Å². The summed E-state index contributed by atoms with van der Waals surface area (Å²) in [6.45, 7) is 3.59. The summed E-state index contributed by atoms with van der Waals surface area (Å²) in [5.74, 6) is -5.09. The van der Waals surface area contributed by atoms with E-state index in [-0.39, 0.29) is 0 Å². The van der Waals surface area contributed by atoms with E-state index in [1.165, 1.54) is 0 Å². The van der Waals surface area contributed by atoms with Gasteiger partial charge in [-0.25, -0.2) is 9.59 Å². The largest absolute Gasteiger partial charge is 0.492 e. The molecule has 218 valence electrons. The van der Waals surface area contributed by atoms with Crippen molar-refractivity contribution in [2.75, 3.05) is 47.4 Å². The summed E-state index contributed by atoms with van der Waals surface area (Å²) in [5, 5.41) is 14.2. The van der Waals surface area contributed by atoms with E-state index in [4.69, 9.17) is 30.3 Å². The van der Waals surface area contributed by atoms with E-state index >= 15 is 0 Å². The van der Waals surface area contributed by atoms with E-state index in [1.807, 2.05) is 36.4 Å². The standard InChI is InChI=1S/C20H27N3O2.2C2HF3O2/c1-22(2)11-12-23(3)13-14-25-19-9-7-16(8-10-19)17-5-4-6-18(15-17)20(21)24;2*3-2(4,5)1(6)7/h4-10,15H,11-14H2,1-3H3,(H2,21,24);2*(H,6,7). The van der Waals surface area contributed by atoms with E-state index in [0.29, 0.717) is 12.2 Å². The van der Waals surface area contributed by atoms with Crippen LogP contribution in [-0.2, 0) is 9.59 Å². The van der Waals surface area contributed by atoms with Crippen molar-refractivity contribution in [2.24, 2.45) is 5.73 Å². The molecule has 2 aromatic rings. The first-order valence-electron chi connectivity index (χ1n) is 10.9. The molecule has 1 amide bonds. The first-order valence-corrected chi connectivity index (χ1v) is 10.9. The molecule has 0 bridgehead atoms. The van der Waals surface area contributed by atoms with E-state index in [1.54, 1.807) is 12.1 Å². The number of ether oxygens (including phenoxy) is 1. The van der Waals surface area contributed by atoms with Gasteiger partial charge >= 0.3 is 24.3 Å². The lowest BCUT2D eigenvalue weighted by atomic mass is 10.0. The first kappa shape index (κ1) is 35.2. The van der Waals surface area contributed by atoms with Gasteiger partial charge < -0.3 is 30.5 Å². The fourth-order valence-corrected chi connectivity index (χ4v) is 2.40. The number of carbonyl (C=O) groups is 3. The number of nitrogens with zero attached hydrogens (tertiary/aromatic N) is 2. The van der Waals surface area contributed by atoms with Gasteiger partial charge in [0.1, 0.15) is 12.4 Å². The van der Waals surface area contributed by atoms with E-state index in [2.05, 4.69) is 30.9 Å². The highest BCUT2D eigenvalue weighted by molar-refractivity contribution is 5.94. The third-order valence-electron chi connectivity index (χ3n) is 4.49. The zero-order valence-corrected chi connectivity index (χ0v) is 21.2. The maximum absolute atomic E-state index is 11.3. The van der Waals surface area contributed by atoms with Crippen molar-refractivity contribution >= 4 is 17.8 Å². The van der Waals surface area contributed by atoms with Crippen LogP contribution in [0.3, 0.4) is 0 Å². The third-order valence-corrected chi connectivity index (χ3v) is 4.49. The number of rotatable bonds is 9. The van der Waals surface area contributed by atoms with Gasteiger partial charge in [0.2, 0.25) is 5.91 Å². The number of alkyl halides is 6. The zero-order valence-electron chi connectivity index (χ0n) is 21.2. The van der Waals surface area contributed by atoms with E-state index < -0.39 is 30.2 Å². The molecule has 0 aliphatic heterocycles. The normalized spacial score (nSPS) is 11.2. The number of carboxylic acids is 2. The van der Waals surface area contributed by atoms with Crippen molar-refractivity contribution in [2.45, 2.75) is 12.4 Å². The summed E-state index contributed by atoms with van der Waals surface area (Å²) in [5.41, 5.74) is 7.84. The predicted molar refractivity (Wildman–Crippen MR) is 129 cm³/mol. The minimum atomic E-state index is -5.08. The van der Waals surface area contributed by atoms with E-state index in [9.17, 15) is 31.1 Å². The van der Waals surface area contributed by atoms with Crippen molar-refractivity contribution in [1.29, 1.82) is 0 Å². The Labute approximate surface area is 220 Å². The summed E-state index contributed by atoms with van der Waals surface area (Å²) in [7, 11) is 6.25. The smallest absolute Gasteiger partial charge is 0.490 e. The topological polar surface area (TPSA) is 133 Å². The van der Waals surface area contributed by atoms with Crippen LogP contribution in [0.15, 0.2) is 48.5 Å². The maximum atomic E-state index is 11.3. The molecule has 0 saturated carbocycles. The SMILES string of the molecule is CN(C)CCN(C)CCOc1ccc(-c2cccc(C(N)=O)c2)cc1.O=C(O)C(F)(F)F.O=C(O)C(F)(F)F. The Hall–Kier alpha value is -3.85. The molecule has 0 saturated heterocycles. The lowest BCUT2D eigenvalue weighted by Crippen LogP contribution is -2.31. The minimum Gasteiger partial charge on any atom is -0.492 e. The van der Waals surface area contributed by atoms with Crippen molar-refractivity contribution in [3.8, 4) is 16.9 Å². The summed E-state index contributed by atoms with van der Waals surface area (Å²) >= 11 is 0. The van der Waals surface area contributed by atoms with Crippen molar-refractivity contribution in [1.82, 2.24) is 9.80 Å². The van der Waals surface area contributed by atoms with E-state index in [0.717, 1.165) is 36.5 Å². The Morgan fingerprint density at radius 3 is 1.69 bits per heavy atom. The lowest BCUT2D eigenvalue weighted by Gasteiger charge is -2.19. The molecule has 9 nitrogen and oxygen atoms in total. The number of aliphatic carboxylic acids is 2. The van der Waals surface area contributed by atoms with Crippen molar-refractivity contribution < 1.29 is 55.7 Å². The van der Waals surface area contributed by atoms with Crippen LogP contribution in [-0.4, -0.2) is 97.6 Å². The number of nitrogens with two attached hydrogens (primary N) is 1. The van der Waals surface area contributed by atoms with Crippen LogP contribution < -0.4 is 10.5 Å². The molecular formula is C24H29F6N3O6. The molecule has 0 unspecified atom stereocenters. The molecule has 15 heteroatoms. The minimum absolute atomic E-state index is 0.416. The Morgan fingerprint density at radius 2 is 1.28 bits per heavy atom. The van der Waals surface area contributed by atoms with Crippen LogP contribution in [0.1, 0.15) is 10.4 Å². The molecule has 0 radical (unpaired) electrons. The Morgan fingerprint density at radius 1 is 0.795 bits per heavy atom. The molecule has 0 aliphatic rings. The van der Waals surface area contributed by atoms with Gasteiger partial charge in [-0.2, -0.15) is 26.3 Å². The fraction of sp³-hybridized carbons (Fsp3) is 0.375.